The van der Waals surface area contributed by atoms with Crippen molar-refractivity contribution in [3.05, 3.63) is 28.7 Å². The van der Waals surface area contributed by atoms with E-state index in [9.17, 15) is 4.79 Å². The quantitative estimate of drug-likeness (QED) is 0.864. The summed E-state index contributed by atoms with van der Waals surface area (Å²) in [4.78, 5) is 18.9. The van der Waals surface area contributed by atoms with Gasteiger partial charge in [-0.05, 0) is 40.0 Å². The Morgan fingerprint density at radius 3 is 2.68 bits per heavy atom. The Morgan fingerprint density at radius 1 is 1.23 bits per heavy atom. The minimum absolute atomic E-state index is 0.0509. The van der Waals surface area contributed by atoms with E-state index >= 15 is 0 Å². The third-order valence-corrected chi connectivity index (χ3v) is 4.16. The van der Waals surface area contributed by atoms with Crippen LogP contribution < -0.4 is 0 Å². The van der Waals surface area contributed by atoms with E-state index in [1.54, 1.807) is 6.92 Å². The summed E-state index contributed by atoms with van der Waals surface area (Å²) in [6.45, 7) is 6.19. The first-order chi connectivity index (χ1) is 10.6. The number of hydrogen-bond acceptors (Lipinski definition) is 6. The van der Waals surface area contributed by atoms with Crippen LogP contribution in [0.15, 0.2) is 9.05 Å². The molecule has 7 nitrogen and oxygen atoms in total. The van der Waals surface area contributed by atoms with Gasteiger partial charge in [0.1, 0.15) is 11.8 Å². The number of carbonyl (C=O) groups excluding carboxylic acids is 1. The second kappa shape index (κ2) is 5.90. The van der Waals surface area contributed by atoms with Gasteiger partial charge in [0.2, 0.25) is 11.8 Å². The van der Waals surface area contributed by atoms with Crippen LogP contribution in [0.1, 0.15) is 54.0 Å². The number of piperidine rings is 1. The smallest absolute Gasteiger partial charge is 0.249 e. The fraction of sp³-hybridized carbons (Fsp3) is 0.600. The van der Waals surface area contributed by atoms with Gasteiger partial charge < -0.3 is 13.9 Å². The molecule has 1 fully saturated rings. The molecule has 7 heteroatoms. The lowest BCUT2D eigenvalue weighted by molar-refractivity contribution is -0.135. The molecule has 3 rings (SSSR count). The maximum absolute atomic E-state index is 12.7. The summed E-state index contributed by atoms with van der Waals surface area (Å²) in [6.07, 6.45) is 3.21. The Kier molecular flexibility index (Phi) is 3.96. The molecule has 0 bridgehead atoms. The van der Waals surface area contributed by atoms with Crippen molar-refractivity contribution in [1.82, 2.24) is 20.2 Å². The van der Waals surface area contributed by atoms with Crippen LogP contribution in [0.25, 0.3) is 0 Å². The summed E-state index contributed by atoms with van der Waals surface area (Å²) < 4.78 is 10.4. The summed E-state index contributed by atoms with van der Waals surface area (Å²) >= 11 is 0. The second-order valence-corrected chi connectivity index (χ2v) is 5.76. The number of nitrogens with zero attached hydrogens (tertiary/aromatic N) is 4. The zero-order valence-corrected chi connectivity index (χ0v) is 13.1. The third kappa shape index (κ3) is 2.75. The SMILES string of the molecule is Cc1noc([C@@H]2CCCCN2C(=O)Cc2c(C)noc2C)n1. The van der Waals surface area contributed by atoms with Crippen LogP contribution in [0.3, 0.4) is 0 Å². The lowest BCUT2D eigenvalue weighted by Gasteiger charge is -2.33. The highest BCUT2D eigenvalue weighted by atomic mass is 16.5. The molecule has 2 aromatic heterocycles. The molecule has 0 radical (unpaired) electrons. The summed E-state index contributed by atoms with van der Waals surface area (Å²) in [7, 11) is 0. The van der Waals surface area contributed by atoms with Crippen molar-refractivity contribution in [2.24, 2.45) is 0 Å². The number of amides is 1. The van der Waals surface area contributed by atoms with Crippen molar-refractivity contribution < 1.29 is 13.8 Å². The summed E-state index contributed by atoms with van der Waals surface area (Å²) in [5.74, 6) is 1.88. The highest BCUT2D eigenvalue weighted by Gasteiger charge is 2.32. The van der Waals surface area contributed by atoms with Gasteiger partial charge in [-0.15, -0.1) is 0 Å². The Hall–Kier alpha value is -2.18. The topological polar surface area (TPSA) is 85.3 Å². The normalized spacial score (nSPS) is 18.7. The average molecular weight is 304 g/mol. The molecular formula is C15H20N4O3. The fourth-order valence-corrected chi connectivity index (χ4v) is 2.94. The van der Waals surface area contributed by atoms with Gasteiger partial charge in [-0.25, -0.2) is 0 Å². The third-order valence-electron chi connectivity index (χ3n) is 4.16. The minimum atomic E-state index is -0.122. The summed E-state index contributed by atoms with van der Waals surface area (Å²) in [5.41, 5.74) is 1.64. The molecule has 0 N–H and O–H groups in total. The van der Waals surface area contributed by atoms with Gasteiger partial charge in [0, 0.05) is 12.1 Å². The van der Waals surface area contributed by atoms with Gasteiger partial charge in [0.15, 0.2) is 5.82 Å². The van der Waals surface area contributed by atoms with Crippen LogP contribution in [-0.2, 0) is 11.2 Å². The number of rotatable bonds is 3. The fourth-order valence-electron chi connectivity index (χ4n) is 2.94. The van der Waals surface area contributed by atoms with E-state index in [1.807, 2.05) is 18.7 Å². The zero-order valence-electron chi connectivity index (χ0n) is 13.1. The highest BCUT2D eigenvalue weighted by molar-refractivity contribution is 5.79. The van der Waals surface area contributed by atoms with Crippen molar-refractivity contribution >= 4 is 5.91 Å². The Bertz CT molecular complexity index is 657. The zero-order chi connectivity index (χ0) is 15.7. The van der Waals surface area contributed by atoms with Crippen molar-refractivity contribution in [2.75, 3.05) is 6.54 Å². The summed E-state index contributed by atoms with van der Waals surface area (Å²) in [6, 6.07) is -0.122. The average Bonchev–Trinajstić information content (AvgIpc) is 3.08. The van der Waals surface area contributed by atoms with Crippen LogP contribution in [0.5, 0.6) is 0 Å². The first kappa shape index (κ1) is 14.7. The first-order valence-electron chi connectivity index (χ1n) is 7.57. The molecule has 22 heavy (non-hydrogen) atoms. The predicted octanol–water partition coefficient (Wildman–Crippen LogP) is 2.28. The van der Waals surface area contributed by atoms with E-state index in [1.165, 1.54) is 0 Å². The monoisotopic (exact) mass is 304 g/mol. The number of hydrogen-bond donors (Lipinski definition) is 0. The van der Waals surface area contributed by atoms with E-state index in [-0.39, 0.29) is 11.9 Å². The van der Waals surface area contributed by atoms with E-state index in [4.69, 9.17) is 9.05 Å². The Balaban J connectivity index is 1.80. The highest BCUT2D eigenvalue weighted by Crippen LogP contribution is 2.30. The molecule has 1 saturated heterocycles. The number of aryl methyl sites for hydroxylation is 3. The lowest BCUT2D eigenvalue weighted by Crippen LogP contribution is -2.39. The second-order valence-electron chi connectivity index (χ2n) is 5.76. The van der Waals surface area contributed by atoms with Gasteiger partial charge in [-0.2, -0.15) is 4.98 Å². The molecule has 3 heterocycles. The maximum Gasteiger partial charge on any atom is 0.249 e. The van der Waals surface area contributed by atoms with Crippen molar-refractivity contribution in [3.63, 3.8) is 0 Å². The van der Waals surface area contributed by atoms with Gasteiger partial charge in [-0.1, -0.05) is 10.3 Å². The van der Waals surface area contributed by atoms with Crippen LogP contribution in [-0.4, -0.2) is 32.6 Å². The van der Waals surface area contributed by atoms with E-state index in [0.717, 1.165) is 30.5 Å². The van der Waals surface area contributed by atoms with Crippen LogP contribution in [0, 0.1) is 20.8 Å². The predicted molar refractivity (Wildman–Crippen MR) is 77.0 cm³/mol. The standard InChI is InChI=1S/C15H20N4O3/c1-9-12(10(2)21-17-9)8-14(20)19-7-5-4-6-13(19)15-16-11(3)18-22-15/h13H,4-8H2,1-3H3/t13-/m0/s1. The lowest BCUT2D eigenvalue weighted by atomic mass is 10.0. The molecule has 2 aromatic rings. The van der Waals surface area contributed by atoms with Crippen molar-refractivity contribution in [1.29, 1.82) is 0 Å². The molecule has 1 amide bonds. The number of carbonyl (C=O) groups is 1. The van der Waals surface area contributed by atoms with E-state index in [0.29, 0.717) is 30.4 Å². The molecule has 0 saturated carbocycles. The van der Waals surface area contributed by atoms with Crippen molar-refractivity contribution in [3.8, 4) is 0 Å². The van der Waals surface area contributed by atoms with Gasteiger partial charge in [-0.3, -0.25) is 4.79 Å². The largest absolute Gasteiger partial charge is 0.361 e. The Labute approximate surface area is 128 Å². The van der Waals surface area contributed by atoms with Crippen LogP contribution >= 0.6 is 0 Å². The van der Waals surface area contributed by atoms with Crippen molar-refractivity contribution in [2.45, 2.75) is 52.5 Å². The molecule has 1 atom stereocenters. The molecule has 0 aliphatic carbocycles. The molecule has 1 aliphatic rings. The van der Waals surface area contributed by atoms with Gasteiger partial charge >= 0.3 is 0 Å². The number of likely N-dealkylation sites (tertiary alicyclic amines) is 1. The van der Waals surface area contributed by atoms with Crippen LogP contribution in [0.2, 0.25) is 0 Å². The van der Waals surface area contributed by atoms with E-state index < -0.39 is 0 Å². The molecule has 118 valence electrons. The molecule has 1 aliphatic heterocycles. The van der Waals surface area contributed by atoms with Gasteiger partial charge in [0.05, 0.1) is 12.1 Å². The number of aromatic nitrogens is 3. The van der Waals surface area contributed by atoms with E-state index in [2.05, 4.69) is 15.3 Å². The summed E-state index contributed by atoms with van der Waals surface area (Å²) in [5, 5.41) is 7.75. The van der Waals surface area contributed by atoms with Gasteiger partial charge in [0.25, 0.3) is 0 Å². The maximum atomic E-state index is 12.7. The molecular weight excluding hydrogens is 284 g/mol. The molecule has 0 spiro atoms. The first-order valence-corrected chi connectivity index (χ1v) is 7.57. The molecule has 0 unspecified atom stereocenters. The minimum Gasteiger partial charge on any atom is -0.361 e. The molecule has 0 aromatic carbocycles. The Morgan fingerprint density at radius 2 is 2.05 bits per heavy atom. The van der Waals surface area contributed by atoms with Crippen LogP contribution in [0.4, 0.5) is 0 Å².